The van der Waals surface area contributed by atoms with Gasteiger partial charge in [-0.1, -0.05) is 35.3 Å². The van der Waals surface area contributed by atoms with Gasteiger partial charge in [0.15, 0.2) is 0 Å². The van der Waals surface area contributed by atoms with Crippen molar-refractivity contribution in [3.8, 4) is 11.5 Å². The summed E-state index contributed by atoms with van der Waals surface area (Å²) in [4.78, 5) is 16.9. The Kier molecular flexibility index (Phi) is 7.19. The first-order valence-corrected chi connectivity index (χ1v) is 12.3. The number of anilines is 2. The van der Waals surface area contributed by atoms with Crippen LogP contribution in [0.3, 0.4) is 0 Å². The molecule has 166 valence electrons. The van der Waals surface area contributed by atoms with Gasteiger partial charge in [-0.25, -0.2) is 0 Å². The van der Waals surface area contributed by atoms with Gasteiger partial charge in [0, 0.05) is 29.5 Å². The minimum Gasteiger partial charge on any atom is -0.456 e. The number of nitrogens with zero attached hydrogens (tertiary/aromatic N) is 2. The van der Waals surface area contributed by atoms with Gasteiger partial charge in [-0.05, 0) is 74.0 Å². The van der Waals surface area contributed by atoms with Gasteiger partial charge < -0.3 is 9.64 Å². The smallest absolute Gasteiger partial charge is 0.238 e. The zero-order chi connectivity index (χ0) is 22.7. The highest BCUT2D eigenvalue weighted by molar-refractivity contribution is 8.00. The molecule has 0 aliphatic carbocycles. The van der Waals surface area contributed by atoms with Crippen molar-refractivity contribution in [3.63, 3.8) is 0 Å². The van der Waals surface area contributed by atoms with Crippen molar-refractivity contribution in [2.24, 2.45) is 0 Å². The number of ether oxygens (including phenoxy) is 1. The van der Waals surface area contributed by atoms with E-state index in [1.165, 1.54) is 5.69 Å². The first kappa shape index (κ1) is 22.8. The van der Waals surface area contributed by atoms with E-state index >= 15 is 0 Å². The van der Waals surface area contributed by atoms with Crippen molar-refractivity contribution in [2.45, 2.75) is 19.2 Å². The van der Waals surface area contributed by atoms with Gasteiger partial charge in [0.05, 0.1) is 10.8 Å². The molecule has 7 heteroatoms. The molecule has 0 radical (unpaired) electrons. The van der Waals surface area contributed by atoms with Crippen molar-refractivity contribution in [3.05, 3.63) is 82.3 Å². The predicted octanol–water partition coefficient (Wildman–Crippen LogP) is 7.41. The lowest BCUT2D eigenvalue weighted by Gasteiger charge is -2.26. The molecule has 1 fully saturated rings. The summed E-state index contributed by atoms with van der Waals surface area (Å²) in [6, 6.07) is 21.1. The molecule has 3 aromatic rings. The topological polar surface area (TPSA) is 32.8 Å². The molecule has 1 aliphatic heterocycles. The lowest BCUT2D eigenvalue weighted by molar-refractivity contribution is -0.115. The summed E-state index contributed by atoms with van der Waals surface area (Å²) in [5.74, 6) is 1.73. The number of hydrogen-bond donors (Lipinski definition) is 0. The highest BCUT2D eigenvalue weighted by Crippen LogP contribution is 2.42. The SMILES string of the molecule is CCN(CC)c1ccc([C@H]2SCC(=O)N2c2ccc(Oc3ccc(Cl)cc3Cl)cc2)cc1. The second-order valence-electron chi connectivity index (χ2n) is 7.36. The van der Waals surface area contributed by atoms with Crippen LogP contribution in [0.2, 0.25) is 10.0 Å². The average molecular weight is 487 g/mol. The fourth-order valence-corrected chi connectivity index (χ4v) is 5.37. The van der Waals surface area contributed by atoms with Gasteiger partial charge in [0.2, 0.25) is 5.91 Å². The first-order chi connectivity index (χ1) is 15.5. The van der Waals surface area contributed by atoms with E-state index in [4.69, 9.17) is 27.9 Å². The molecular weight excluding hydrogens is 463 g/mol. The van der Waals surface area contributed by atoms with E-state index in [-0.39, 0.29) is 11.3 Å². The van der Waals surface area contributed by atoms with E-state index in [0.29, 0.717) is 27.3 Å². The quantitative estimate of drug-likeness (QED) is 0.347. The molecule has 1 amide bonds. The largest absolute Gasteiger partial charge is 0.456 e. The second kappa shape index (κ2) is 10.1. The molecule has 1 atom stereocenters. The fraction of sp³-hybridized carbons (Fsp3) is 0.240. The van der Waals surface area contributed by atoms with E-state index in [9.17, 15) is 4.79 Å². The van der Waals surface area contributed by atoms with Gasteiger partial charge in [-0.15, -0.1) is 11.8 Å². The fourth-order valence-electron chi connectivity index (χ4n) is 3.75. The normalized spacial score (nSPS) is 15.8. The molecule has 1 aliphatic rings. The van der Waals surface area contributed by atoms with Crippen LogP contribution >= 0.6 is 35.0 Å². The molecule has 3 aromatic carbocycles. The third-order valence-electron chi connectivity index (χ3n) is 5.41. The minimum absolute atomic E-state index is 0.0502. The van der Waals surface area contributed by atoms with E-state index < -0.39 is 0 Å². The summed E-state index contributed by atoms with van der Waals surface area (Å²) in [7, 11) is 0. The number of hydrogen-bond acceptors (Lipinski definition) is 4. The lowest BCUT2D eigenvalue weighted by atomic mass is 10.1. The van der Waals surface area contributed by atoms with Crippen LogP contribution < -0.4 is 14.5 Å². The molecule has 0 spiro atoms. The van der Waals surface area contributed by atoms with Crippen LogP contribution in [0.25, 0.3) is 0 Å². The van der Waals surface area contributed by atoms with E-state index in [1.54, 1.807) is 30.0 Å². The maximum atomic E-state index is 12.7. The van der Waals surface area contributed by atoms with Crippen LogP contribution in [-0.2, 0) is 4.79 Å². The predicted molar refractivity (Wildman–Crippen MR) is 136 cm³/mol. The number of carbonyl (C=O) groups is 1. The Balaban J connectivity index is 1.53. The van der Waals surface area contributed by atoms with Gasteiger partial charge >= 0.3 is 0 Å². The minimum atomic E-state index is -0.0502. The van der Waals surface area contributed by atoms with Crippen molar-refractivity contribution in [1.82, 2.24) is 0 Å². The molecule has 4 rings (SSSR count). The van der Waals surface area contributed by atoms with Gasteiger partial charge in [-0.2, -0.15) is 0 Å². The second-order valence-corrected chi connectivity index (χ2v) is 9.27. The molecule has 0 N–H and O–H groups in total. The summed E-state index contributed by atoms with van der Waals surface area (Å²) in [6.07, 6.45) is 0. The summed E-state index contributed by atoms with van der Waals surface area (Å²) >= 11 is 13.8. The summed E-state index contributed by atoms with van der Waals surface area (Å²) in [6.45, 7) is 6.24. The molecule has 0 aromatic heterocycles. The monoisotopic (exact) mass is 486 g/mol. The van der Waals surface area contributed by atoms with Crippen LogP contribution in [0.15, 0.2) is 66.7 Å². The standard InChI is InChI=1S/C25H24Cl2N2O2S/c1-3-28(4-2)19-8-5-17(6-9-19)25-29(24(30)16-32-25)20-10-12-21(13-11-20)31-23-14-7-18(26)15-22(23)27/h5-15,25H,3-4,16H2,1-2H3/t25-/m1/s1. The van der Waals surface area contributed by atoms with E-state index in [1.807, 2.05) is 29.2 Å². The van der Waals surface area contributed by atoms with E-state index in [0.717, 1.165) is 24.3 Å². The van der Waals surface area contributed by atoms with Crippen LogP contribution in [0.1, 0.15) is 24.8 Å². The molecular formula is C25H24Cl2N2O2S. The highest BCUT2D eigenvalue weighted by Gasteiger charge is 2.34. The van der Waals surface area contributed by atoms with Gasteiger partial charge in [-0.3, -0.25) is 9.69 Å². The van der Waals surface area contributed by atoms with Crippen molar-refractivity contribution in [2.75, 3.05) is 28.6 Å². The third kappa shape index (κ3) is 4.85. The Bertz CT molecular complexity index is 1090. The summed E-state index contributed by atoms with van der Waals surface area (Å²) < 4.78 is 5.87. The lowest BCUT2D eigenvalue weighted by Crippen LogP contribution is -2.27. The Hall–Kier alpha value is -2.34. The summed E-state index contributed by atoms with van der Waals surface area (Å²) in [5, 5.41) is 0.950. The Labute approximate surface area is 203 Å². The molecule has 1 heterocycles. The van der Waals surface area contributed by atoms with Gasteiger partial charge in [0.1, 0.15) is 16.9 Å². The number of benzene rings is 3. The van der Waals surface area contributed by atoms with Crippen molar-refractivity contribution >= 4 is 52.2 Å². The molecule has 0 saturated carbocycles. The average Bonchev–Trinajstić information content (AvgIpc) is 3.19. The summed E-state index contributed by atoms with van der Waals surface area (Å²) in [5.41, 5.74) is 3.15. The number of rotatable bonds is 7. The zero-order valence-corrected chi connectivity index (χ0v) is 20.3. The van der Waals surface area contributed by atoms with Crippen molar-refractivity contribution in [1.29, 1.82) is 0 Å². The first-order valence-electron chi connectivity index (χ1n) is 10.5. The van der Waals surface area contributed by atoms with Crippen LogP contribution in [0, 0.1) is 0 Å². The molecule has 0 unspecified atom stereocenters. The molecule has 1 saturated heterocycles. The Morgan fingerprint density at radius 3 is 2.31 bits per heavy atom. The number of carbonyl (C=O) groups excluding carboxylic acids is 1. The highest BCUT2D eigenvalue weighted by atomic mass is 35.5. The Morgan fingerprint density at radius 2 is 1.69 bits per heavy atom. The van der Waals surface area contributed by atoms with Crippen LogP contribution in [0.4, 0.5) is 11.4 Å². The van der Waals surface area contributed by atoms with Crippen molar-refractivity contribution < 1.29 is 9.53 Å². The van der Waals surface area contributed by atoms with Crippen LogP contribution in [-0.4, -0.2) is 24.7 Å². The maximum Gasteiger partial charge on any atom is 0.238 e. The third-order valence-corrected chi connectivity index (χ3v) is 7.15. The number of amides is 1. The van der Waals surface area contributed by atoms with E-state index in [2.05, 4.69) is 43.0 Å². The maximum absolute atomic E-state index is 12.7. The number of halogens is 2. The Morgan fingerprint density at radius 1 is 1.00 bits per heavy atom. The molecule has 0 bridgehead atoms. The van der Waals surface area contributed by atoms with Crippen LogP contribution in [0.5, 0.6) is 11.5 Å². The van der Waals surface area contributed by atoms with Gasteiger partial charge in [0.25, 0.3) is 0 Å². The number of thioether (sulfide) groups is 1. The molecule has 32 heavy (non-hydrogen) atoms. The zero-order valence-electron chi connectivity index (χ0n) is 17.9. The molecule has 4 nitrogen and oxygen atoms in total.